The van der Waals surface area contributed by atoms with Gasteiger partial charge in [0.2, 0.25) is 0 Å². The van der Waals surface area contributed by atoms with E-state index >= 15 is 0 Å². The normalized spacial score (nSPS) is 18.2. The average molecular weight is 399 g/mol. The lowest BCUT2D eigenvalue weighted by molar-refractivity contribution is -0.692. The van der Waals surface area contributed by atoms with Crippen molar-refractivity contribution in [3.8, 4) is 5.75 Å². The maximum atomic E-state index is 5.35. The van der Waals surface area contributed by atoms with Crippen LogP contribution in [0.25, 0.3) is 10.9 Å². The summed E-state index contributed by atoms with van der Waals surface area (Å²) in [5, 5.41) is 3.80. The van der Waals surface area contributed by atoms with Gasteiger partial charge in [-0.2, -0.15) is 0 Å². The van der Waals surface area contributed by atoms with Gasteiger partial charge >= 0.3 is 0 Å². The first kappa shape index (κ1) is 18.8. The highest BCUT2D eigenvalue weighted by Crippen LogP contribution is 2.39. The summed E-state index contributed by atoms with van der Waals surface area (Å²) >= 11 is 0. The molecule has 0 bridgehead atoms. The van der Waals surface area contributed by atoms with E-state index in [2.05, 4.69) is 102 Å². The van der Waals surface area contributed by atoms with Crippen LogP contribution in [0.1, 0.15) is 34.3 Å². The summed E-state index contributed by atoms with van der Waals surface area (Å²) in [6.45, 7) is 1.02. The molecule has 4 heteroatoms. The fourth-order valence-corrected chi connectivity index (χ4v) is 4.73. The van der Waals surface area contributed by atoms with Crippen molar-refractivity contribution in [3.63, 3.8) is 0 Å². The molecule has 4 aromatic rings. The van der Waals surface area contributed by atoms with Gasteiger partial charge in [-0.3, -0.25) is 0 Å². The van der Waals surface area contributed by atoms with E-state index in [1.165, 1.54) is 39.0 Å². The van der Waals surface area contributed by atoms with Crippen LogP contribution in [0.3, 0.4) is 0 Å². The van der Waals surface area contributed by atoms with Crippen molar-refractivity contribution in [2.45, 2.75) is 12.0 Å². The number of para-hydroxylation sites is 1. The number of methoxy groups -OCH3 is 1. The number of ether oxygens (including phenoxy) is 1. The Morgan fingerprint density at radius 2 is 1.60 bits per heavy atom. The first-order chi connectivity index (χ1) is 14.7. The van der Waals surface area contributed by atoms with Crippen LogP contribution in [-0.2, 0) is 0 Å². The summed E-state index contributed by atoms with van der Waals surface area (Å²) in [5.41, 5.74) is 7.86. The van der Waals surface area contributed by atoms with Crippen LogP contribution in [0, 0.1) is 0 Å². The van der Waals surface area contributed by atoms with Crippen LogP contribution in [0.2, 0.25) is 0 Å². The van der Waals surface area contributed by atoms with Crippen molar-refractivity contribution in [2.24, 2.45) is 0 Å². The van der Waals surface area contributed by atoms with E-state index in [9.17, 15) is 0 Å². The molecule has 2 heterocycles. The number of anilines is 1. The molecule has 152 valence electrons. The molecule has 30 heavy (non-hydrogen) atoms. The third-order valence-corrected chi connectivity index (χ3v) is 6.33. The number of H-pyrrole nitrogens is 1. The molecule has 0 saturated heterocycles. The fraction of sp³-hybridized carbons (Fsp3) is 0.231. The molecular weight excluding hydrogens is 370 g/mol. The minimum atomic E-state index is 0.260. The van der Waals surface area contributed by atoms with Crippen LogP contribution in [0.15, 0.2) is 72.8 Å². The van der Waals surface area contributed by atoms with Crippen molar-refractivity contribution >= 4 is 16.6 Å². The molecule has 0 amide bonds. The summed E-state index contributed by atoms with van der Waals surface area (Å²) in [6, 6.07) is 26.4. The van der Waals surface area contributed by atoms with Crippen molar-refractivity contribution in [3.05, 3.63) is 95.2 Å². The summed E-state index contributed by atoms with van der Waals surface area (Å²) in [4.78, 5) is 5.90. The van der Waals surface area contributed by atoms with E-state index in [1.807, 2.05) is 0 Å². The number of nitrogens with zero attached hydrogens (tertiary/aromatic N) is 1. The molecule has 0 fully saturated rings. The van der Waals surface area contributed by atoms with Gasteiger partial charge in [-0.05, 0) is 48.0 Å². The van der Waals surface area contributed by atoms with Crippen LogP contribution in [-0.4, -0.2) is 32.7 Å². The van der Waals surface area contributed by atoms with Gasteiger partial charge in [-0.25, -0.2) is 0 Å². The lowest BCUT2D eigenvalue weighted by Gasteiger charge is -2.28. The van der Waals surface area contributed by atoms with Gasteiger partial charge in [0, 0.05) is 41.8 Å². The van der Waals surface area contributed by atoms with Gasteiger partial charge in [-0.1, -0.05) is 30.3 Å². The first-order valence-corrected chi connectivity index (χ1v) is 10.5. The van der Waals surface area contributed by atoms with E-state index in [0.29, 0.717) is 5.92 Å². The third-order valence-electron chi connectivity index (χ3n) is 6.33. The summed E-state index contributed by atoms with van der Waals surface area (Å²) in [5.74, 6) is 1.26. The average Bonchev–Trinajstić information content (AvgIpc) is 3.18. The van der Waals surface area contributed by atoms with Crippen molar-refractivity contribution in [1.29, 1.82) is 0 Å². The Balaban J connectivity index is 1.61. The Morgan fingerprint density at radius 3 is 2.30 bits per heavy atom. The number of aromatic nitrogens is 1. The van der Waals surface area contributed by atoms with Gasteiger partial charge in [-0.15, -0.1) is 0 Å². The molecular formula is C26H28N3O+. The predicted molar refractivity (Wildman–Crippen MR) is 123 cm³/mol. The van der Waals surface area contributed by atoms with E-state index in [0.717, 1.165) is 12.3 Å². The molecule has 0 radical (unpaired) electrons. The van der Waals surface area contributed by atoms with Crippen molar-refractivity contribution in [1.82, 2.24) is 4.98 Å². The Bertz CT molecular complexity index is 1160. The van der Waals surface area contributed by atoms with E-state index in [1.54, 1.807) is 7.11 Å². The molecule has 1 aliphatic rings. The quantitative estimate of drug-likeness (QED) is 0.545. The molecule has 2 atom stereocenters. The topological polar surface area (TPSA) is 44.9 Å². The van der Waals surface area contributed by atoms with Crippen molar-refractivity contribution < 1.29 is 10.1 Å². The number of nitrogens with two attached hydrogens (primary N) is 1. The largest absolute Gasteiger partial charge is 0.497 e. The summed E-state index contributed by atoms with van der Waals surface area (Å²) in [7, 11) is 5.88. The second kappa shape index (κ2) is 7.54. The lowest BCUT2D eigenvalue weighted by Crippen LogP contribution is -2.88. The molecule has 0 spiro atoms. The highest BCUT2D eigenvalue weighted by atomic mass is 16.5. The highest BCUT2D eigenvalue weighted by molar-refractivity contribution is 5.86. The number of benzene rings is 3. The Hall–Kier alpha value is -3.24. The van der Waals surface area contributed by atoms with Gasteiger partial charge in [0.15, 0.2) is 6.04 Å². The van der Waals surface area contributed by atoms with Crippen molar-refractivity contribution in [2.75, 3.05) is 32.6 Å². The Labute approximate surface area is 177 Å². The van der Waals surface area contributed by atoms with Gasteiger partial charge < -0.3 is 19.9 Å². The second-order valence-corrected chi connectivity index (χ2v) is 8.26. The zero-order valence-electron chi connectivity index (χ0n) is 17.7. The molecule has 4 nitrogen and oxygen atoms in total. The smallest absolute Gasteiger partial charge is 0.153 e. The molecule has 5 rings (SSSR count). The van der Waals surface area contributed by atoms with E-state index < -0.39 is 0 Å². The molecule has 3 N–H and O–H groups in total. The number of hydrogen-bond acceptors (Lipinski definition) is 2. The number of rotatable bonds is 4. The summed E-state index contributed by atoms with van der Waals surface area (Å²) in [6.07, 6.45) is 0. The van der Waals surface area contributed by atoms with Crippen LogP contribution < -0.4 is 15.0 Å². The molecule has 0 aliphatic carbocycles. The molecule has 3 aromatic carbocycles. The van der Waals surface area contributed by atoms with Crippen LogP contribution >= 0.6 is 0 Å². The maximum absolute atomic E-state index is 5.35. The number of quaternary nitrogens is 1. The zero-order chi connectivity index (χ0) is 20.7. The predicted octanol–water partition coefficient (Wildman–Crippen LogP) is 4.04. The van der Waals surface area contributed by atoms with E-state index in [-0.39, 0.29) is 6.04 Å². The standard InChI is InChI=1S/C26H27N3O/c1-29(2)19-12-8-17(9-13-19)22-16-27-25(18-10-14-20(30-3)15-11-18)26-24(22)21-6-4-5-7-23(21)28-26/h4-15,22,25,27-28H,16H2,1-3H3/p+1/t22-,25+/m1/s1. The molecule has 0 unspecified atom stereocenters. The fourth-order valence-electron chi connectivity index (χ4n) is 4.73. The van der Waals surface area contributed by atoms with Crippen LogP contribution in [0.4, 0.5) is 5.69 Å². The van der Waals surface area contributed by atoms with Gasteiger partial charge in [0.25, 0.3) is 0 Å². The molecule has 0 saturated carbocycles. The zero-order valence-corrected chi connectivity index (χ0v) is 17.7. The lowest BCUT2D eigenvalue weighted by atomic mass is 9.83. The Kier molecular flexibility index (Phi) is 4.72. The van der Waals surface area contributed by atoms with Crippen LogP contribution in [0.5, 0.6) is 5.75 Å². The van der Waals surface area contributed by atoms with Gasteiger partial charge in [0.1, 0.15) is 5.75 Å². The minimum absolute atomic E-state index is 0.260. The Morgan fingerprint density at radius 1 is 0.900 bits per heavy atom. The molecule has 1 aromatic heterocycles. The molecule has 1 aliphatic heterocycles. The number of nitrogens with one attached hydrogen (secondary N) is 1. The first-order valence-electron chi connectivity index (χ1n) is 10.5. The monoisotopic (exact) mass is 398 g/mol. The summed E-state index contributed by atoms with van der Waals surface area (Å²) < 4.78 is 5.35. The highest BCUT2D eigenvalue weighted by Gasteiger charge is 2.35. The number of aromatic amines is 1. The third kappa shape index (κ3) is 3.14. The second-order valence-electron chi connectivity index (χ2n) is 8.26. The van der Waals surface area contributed by atoms with Gasteiger partial charge in [0.05, 0.1) is 25.3 Å². The maximum Gasteiger partial charge on any atom is 0.153 e. The SMILES string of the molecule is COc1ccc([C@@H]2[NH2+]C[C@H](c3ccc(N(C)C)cc3)c3c2[nH]c2ccccc32)cc1. The number of hydrogen-bond donors (Lipinski definition) is 2. The number of fused-ring (bicyclic) bond motifs is 3. The minimum Gasteiger partial charge on any atom is -0.497 e. The van der Waals surface area contributed by atoms with E-state index in [4.69, 9.17) is 4.74 Å².